The Morgan fingerprint density at radius 1 is 1.50 bits per heavy atom. The van der Waals surface area contributed by atoms with E-state index in [0.29, 0.717) is 0 Å². The van der Waals surface area contributed by atoms with Gasteiger partial charge in [-0.25, -0.2) is 0 Å². The maximum atomic E-state index is 5.22. The topological polar surface area (TPSA) is 25.4 Å². The molecule has 0 saturated carbocycles. The van der Waals surface area contributed by atoms with Crippen LogP contribution >= 0.6 is 24.0 Å². The Hall–Kier alpha value is -0.420. The molecule has 14 heavy (non-hydrogen) atoms. The summed E-state index contributed by atoms with van der Waals surface area (Å²) >= 11 is 5.88. The van der Waals surface area contributed by atoms with Gasteiger partial charge in [0.1, 0.15) is 0 Å². The van der Waals surface area contributed by atoms with Crippen LogP contribution in [-0.2, 0) is 6.42 Å². The molecule has 0 unspecified atom stereocenters. The van der Waals surface area contributed by atoms with Gasteiger partial charge in [-0.3, -0.25) is 0 Å². The standard InChI is InChI=1S/C9H16N2OS2/c1-11(2)9-10-8(12-3)7(14-9)5-4-6-13/h13H,4-6H2,1-3H3. The summed E-state index contributed by atoms with van der Waals surface area (Å²) in [7, 11) is 5.64. The van der Waals surface area contributed by atoms with E-state index in [4.69, 9.17) is 4.74 Å². The Morgan fingerprint density at radius 3 is 2.71 bits per heavy atom. The second-order valence-electron chi connectivity index (χ2n) is 3.15. The molecule has 0 aliphatic carbocycles. The number of rotatable bonds is 5. The molecule has 0 aromatic carbocycles. The van der Waals surface area contributed by atoms with E-state index in [1.54, 1.807) is 18.4 Å². The quantitative estimate of drug-likeness (QED) is 0.787. The van der Waals surface area contributed by atoms with Gasteiger partial charge < -0.3 is 9.64 Å². The summed E-state index contributed by atoms with van der Waals surface area (Å²) < 4.78 is 5.22. The molecule has 0 atom stereocenters. The van der Waals surface area contributed by atoms with E-state index in [9.17, 15) is 0 Å². The van der Waals surface area contributed by atoms with Gasteiger partial charge >= 0.3 is 0 Å². The summed E-state index contributed by atoms with van der Waals surface area (Å²) in [6.07, 6.45) is 2.06. The van der Waals surface area contributed by atoms with Crippen LogP contribution in [0.2, 0.25) is 0 Å². The van der Waals surface area contributed by atoms with Crippen molar-refractivity contribution in [3.8, 4) is 5.88 Å². The Morgan fingerprint density at radius 2 is 2.21 bits per heavy atom. The van der Waals surface area contributed by atoms with E-state index >= 15 is 0 Å². The van der Waals surface area contributed by atoms with Crippen LogP contribution in [0.3, 0.4) is 0 Å². The highest BCUT2D eigenvalue weighted by Gasteiger charge is 2.11. The molecule has 0 aliphatic heterocycles. The minimum atomic E-state index is 0.764. The Labute approximate surface area is 94.5 Å². The number of aromatic nitrogens is 1. The van der Waals surface area contributed by atoms with Crippen LogP contribution in [0.15, 0.2) is 0 Å². The number of nitrogens with zero attached hydrogens (tertiary/aromatic N) is 2. The fraction of sp³-hybridized carbons (Fsp3) is 0.667. The van der Waals surface area contributed by atoms with Crippen LogP contribution in [0.5, 0.6) is 5.88 Å². The third-order valence-electron chi connectivity index (χ3n) is 1.79. The van der Waals surface area contributed by atoms with Crippen LogP contribution < -0.4 is 9.64 Å². The Balaban J connectivity index is 2.79. The molecule has 0 radical (unpaired) electrons. The van der Waals surface area contributed by atoms with E-state index in [2.05, 4.69) is 17.6 Å². The minimum Gasteiger partial charge on any atom is -0.480 e. The lowest BCUT2D eigenvalue weighted by atomic mass is 10.3. The zero-order valence-corrected chi connectivity index (χ0v) is 10.5. The SMILES string of the molecule is COc1nc(N(C)C)sc1CCCS. The van der Waals surface area contributed by atoms with Crippen molar-refractivity contribution >= 4 is 29.1 Å². The molecule has 0 fully saturated rings. The number of aryl methyl sites for hydroxylation is 1. The normalized spacial score (nSPS) is 10.3. The lowest BCUT2D eigenvalue weighted by Gasteiger charge is -2.04. The van der Waals surface area contributed by atoms with Crippen LogP contribution in [0.1, 0.15) is 11.3 Å². The highest BCUT2D eigenvalue weighted by Crippen LogP contribution is 2.31. The molecule has 0 bridgehead atoms. The summed E-state index contributed by atoms with van der Waals surface area (Å²) in [5.74, 6) is 1.67. The summed E-state index contributed by atoms with van der Waals surface area (Å²) in [5.41, 5.74) is 0. The third-order valence-corrected chi connectivity index (χ3v) is 3.37. The summed E-state index contributed by atoms with van der Waals surface area (Å²) in [6.45, 7) is 0. The predicted octanol–water partition coefficient (Wildman–Crippen LogP) is 2.08. The van der Waals surface area contributed by atoms with Crippen molar-refractivity contribution in [1.29, 1.82) is 0 Å². The van der Waals surface area contributed by atoms with Gasteiger partial charge in [0.05, 0.1) is 12.0 Å². The molecule has 5 heteroatoms. The smallest absolute Gasteiger partial charge is 0.229 e. The lowest BCUT2D eigenvalue weighted by molar-refractivity contribution is 0.396. The molecule has 0 aliphatic rings. The van der Waals surface area contributed by atoms with Gasteiger partial charge in [0.15, 0.2) is 5.13 Å². The lowest BCUT2D eigenvalue weighted by Crippen LogP contribution is -2.07. The second-order valence-corrected chi connectivity index (χ2v) is 4.66. The number of hydrogen-bond acceptors (Lipinski definition) is 5. The summed E-state index contributed by atoms with van der Waals surface area (Å²) in [5, 5.41) is 0.996. The molecule has 0 amide bonds. The number of anilines is 1. The van der Waals surface area contributed by atoms with Gasteiger partial charge in [0, 0.05) is 14.1 Å². The molecule has 1 aromatic rings. The van der Waals surface area contributed by atoms with Crippen LogP contribution in [-0.4, -0.2) is 31.9 Å². The Bertz CT molecular complexity index is 286. The molecule has 3 nitrogen and oxygen atoms in total. The molecular weight excluding hydrogens is 216 g/mol. The summed E-state index contributed by atoms with van der Waals surface area (Å²) in [6, 6.07) is 0. The average Bonchev–Trinajstić information content (AvgIpc) is 2.57. The zero-order valence-electron chi connectivity index (χ0n) is 8.78. The van der Waals surface area contributed by atoms with Crippen molar-refractivity contribution in [3.05, 3.63) is 4.88 Å². The van der Waals surface area contributed by atoms with E-state index in [-0.39, 0.29) is 0 Å². The van der Waals surface area contributed by atoms with Gasteiger partial charge in [-0.1, -0.05) is 11.3 Å². The first-order chi connectivity index (χ1) is 6.69. The third kappa shape index (κ3) is 2.78. The molecule has 80 valence electrons. The van der Waals surface area contributed by atoms with Crippen molar-refractivity contribution < 1.29 is 4.74 Å². The van der Waals surface area contributed by atoms with Gasteiger partial charge in [-0.15, -0.1) is 0 Å². The molecule has 0 saturated heterocycles. The zero-order chi connectivity index (χ0) is 10.6. The number of methoxy groups -OCH3 is 1. The van der Waals surface area contributed by atoms with Crippen LogP contribution in [0.25, 0.3) is 0 Å². The second kappa shape index (κ2) is 5.46. The van der Waals surface area contributed by atoms with Crippen molar-refractivity contribution in [2.45, 2.75) is 12.8 Å². The fourth-order valence-corrected chi connectivity index (χ4v) is 2.23. The van der Waals surface area contributed by atoms with Crippen molar-refractivity contribution in [2.24, 2.45) is 0 Å². The van der Waals surface area contributed by atoms with E-state index < -0.39 is 0 Å². The molecule has 1 aromatic heterocycles. The maximum absolute atomic E-state index is 5.22. The Kier molecular flexibility index (Phi) is 4.54. The van der Waals surface area contributed by atoms with E-state index in [1.165, 1.54) is 4.88 Å². The first-order valence-electron chi connectivity index (χ1n) is 4.51. The minimum absolute atomic E-state index is 0.764. The largest absolute Gasteiger partial charge is 0.480 e. The molecule has 1 heterocycles. The number of thiol groups is 1. The monoisotopic (exact) mass is 232 g/mol. The van der Waals surface area contributed by atoms with Crippen LogP contribution in [0.4, 0.5) is 5.13 Å². The van der Waals surface area contributed by atoms with Crippen molar-refractivity contribution in [2.75, 3.05) is 31.9 Å². The van der Waals surface area contributed by atoms with Gasteiger partial charge in [0.25, 0.3) is 0 Å². The van der Waals surface area contributed by atoms with Crippen LogP contribution in [0, 0.1) is 0 Å². The number of ether oxygens (including phenoxy) is 1. The van der Waals surface area contributed by atoms with Gasteiger partial charge in [-0.2, -0.15) is 17.6 Å². The first kappa shape index (κ1) is 11.7. The predicted molar refractivity (Wildman–Crippen MR) is 65.2 cm³/mol. The summed E-state index contributed by atoms with van der Waals surface area (Å²) in [4.78, 5) is 7.59. The highest BCUT2D eigenvalue weighted by atomic mass is 32.1. The first-order valence-corrected chi connectivity index (χ1v) is 5.95. The van der Waals surface area contributed by atoms with Gasteiger partial charge in [0.2, 0.25) is 5.88 Å². The molecular formula is C9H16N2OS2. The van der Waals surface area contributed by atoms with E-state index in [0.717, 1.165) is 29.6 Å². The molecule has 0 N–H and O–H groups in total. The van der Waals surface area contributed by atoms with Crippen molar-refractivity contribution in [1.82, 2.24) is 4.98 Å². The fourth-order valence-electron chi connectivity index (χ4n) is 1.07. The number of thiazole rings is 1. The van der Waals surface area contributed by atoms with Crippen molar-refractivity contribution in [3.63, 3.8) is 0 Å². The average molecular weight is 232 g/mol. The highest BCUT2D eigenvalue weighted by molar-refractivity contribution is 7.80. The van der Waals surface area contributed by atoms with E-state index in [1.807, 2.05) is 19.0 Å². The maximum Gasteiger partial charge on any atom is 0.229 e. The molecule has 0 spiro atoms. The molecule has 1 rings (SSSR count). The van der Waals surface area contributed by atoms with Gasteiger partial charge in [-0.05, 0) is 18.6 Å². The number of hydrogen-bond donors (Lipinski definition) is 1.